The van der Waals surface area contributed by atoms with E-state index in [-0.39, 0.29) is 36.8 Å². The van der Waals surface area contributed by atoms with E-state index in [0.29, 0.717) is 36.7 Å². The number of hydrogen-bond acceptors (Lipinski definition) is 7. The topological polar surface area (TPSA) is 86.5 Å². The number of Topliss-reactive ketones (excluding diaryl/α,β-unsaturated/α-hetero) is 1. The normalized spacial score (nSPS) is 30.3. The van der Waals surface area contributed by atoms with Crippen molar-refractivity contribution in [2.75, 3.05) is 13.3 Å². The van der Waals surface area contributed by atoms with Gasteiger partial charge in [-0.25, -0.2) is 4.39 Å². The third-order valence-electron chi connectivity index (χ3n) is 5.45. The number of hydrogen-bond donors (Lipinski definition) is 1. The van der Waals surface area contributed by atoms with Crippen LogP contribution in [0.4, 0.5) is 4.39 Å². The van der Waals surface area contributed by atoms with Gasteiger partial charge in [-0.05, 0) is 37.5 Å². The zero-order valence-corrected chi connectivity index (χ0v) is 14.0. The minimum atomic E-state index is -0.910. The average Bonchev–Trinajstić information content (AvgIpc) is 3.31. The van der Waals surface area contributed by atoms with Crippen LogP contribution in [0.2, 0.25) is 0 Å². The van der Waals surface area contributed by atoms with Crippen LogP contribution >= 0.6 is 0 Å². The predicted octanol–water partition coefficient (Wildman–Crippen LogP) is 2.23. The van der Waals surface area contributed by atoms with Gasteiger partial charge in [0.25, 0.3) is 0 Å². The van der Waals surface area contributed by atoms with Gasteiger partial charge in [0.1, 0.15) is 12.1 Å². The van der Waals surface area contributed by atoms with Gasteiger partial charge in [0.05, 0.1) is 0 Å². The van der Waals surface area contributed by atoms with Crippen molar-refractivity contribution in [1.29, 1.82) is 0 Å². The fourth-order valence-corrected chi connectivity index (χ4v) is 4.04. The van der Waals surface area contributed by atoms with Crippen LogP contribution in [0.5, 0.6) is 11.5 Å². The fourth-order valence-electron chi connectivity index (χ4n) is 4.04. The van der Waals surface area contributed by atoms with Crippen molar-refractivity contribution in [2.45, 2.75) is 37.4 Å². The summed E-state index contributed by atoms with van der Waals surface area (Å²) in [7, 11) is 0. The molecule has 136 valence electrons. The van der Waals surface area contributed by atoms with Crippen molar-refractivity contribution in [2.24, 2.45) is 5.92 Å². The minimum Gasteiger partial charge on any atom is -0.454 e. The number of nitrogens with one attached hydrogen (secondary N) is 1. The number of halogens is 1. The van der Waals surface area contributed by atoms with Crippen molar-refractivity contribution >= 4 is 5.78 Å². The zero-order chi connectivity index (χ0) is 17.7. The molecule has 1 saturated carbocycles. The van der Waals surface area contributed by atoms with Crippen LogP contribution in [0.1, 0.15) is 31.1 Å². The number of piperidine rings is 1. The molecule has 2 fully saturated rings. The van der Waals surface area contributed by atoms with Gasteiger partial charge >= 0.3 is 0 Å². The summed E-state index contributed by atoms with van der Waals surface area (Å²) >= 11 is 0. The second-order valence-corrected chi connectivity index (χ2v) is 7.01. The van der Waals surface area contributed by atoms with E-state index < -0.39 is 12.1 Å². The zero-order valence-electron chi connectivity index (χ0n) is 14.0. The molecule has 0 bridgehead atoms. The summed E-state index contributed by atoms with van der Waals surface area (Å²) in [5, 5.41) is 7.36. The predicted molar refractivity (Wildman–Crippen MR) is 87.6 cm³/mol. The molecule has 4 unspecified atom stereocenters. The van der Waals surface area contributed by atoms with Crippen LogP contribution in [-0.4, -0.2) is 41.5 Å². The van der Waals surface area contributed by atoms with Crippen molar-refractivity contribution in [3.05, 3.63) is 24.1 Å². The van der Waals surface area contributed by atoms with Crippen LogP contribution in [-0.2, 0) is 4.79 Å². The molecule has 5 rings (SSSR count). The summed E-state index contributed by atoms with van der Waals surface area (Å²) in [6, 6.07) is 5.44. The summed E-state index contributed by atoms with van der Waals surface area (Å²) in [5.41, 5.74) is 0.722. The molecule has 1 N–H and O–H groups in total. The Hall–Kier alpha value is -2.48. The number of carbonyl (C=O) groups is 1. The van der Waals surface area contributed by atoms with Gasteiger partial charge in [0.15, 0.2) is 17.3 Å². The Balaban J connectivity index is 1.39. The average molecular weight is 359 g/mol. The molecule has 3 heterocycles. The Morgan fingerprint density at radius 3 is 3.00 bits per heavy atom. The molecule has 26 heavy (non-hydrogen) atoms. The van der Waals surface area contributed by atoms with E-state index in [1.165, 1.54) is 0 Å². The van der Waals surface area contributed by atoms with Gasteiger partial charge in [-0.2, -0.15) is 4.98 Å². The highest BCUT2D eigenvalue weighted by atomic mass is 19.1. The summed E-state index contributed by atoms with van der Waals surface area (Å²) in [6.45, 7) is 0.635. The fraction of sp³-hybridized carbons (Fsp3) is 0.500. The van der Waals surface area contributed by atoms with Crippen molar-refractivity contribution in [3.8, 4) is 22.9 Å². The number of ether oxygens (including phenoxy) is 2. The summed E-state index contributed by atoms with van der Waals surface area (Å²) < 4.78 is 29.8. The Labute approximate surface area is 148 Å². The number of nitrogens with zero attached hydrogens (tertiary/aromatic N) is 2. The van der Waals surface area contributed by atoms with Gasteiger partial charge in [-0.1, -0.05) is 5.16 Å². The van der Waals surface area contributed by atoms with E-state index >= 15 is 0 Å². The number of aromatic nitrogens is 2. The van der Waals surface area contributed by atoms with Crippen LogP contribution in [0, 0.1) is 5.92 Å². The third kappa shape index (κ3) is 2.56. The molecule has 0 radical (unpaired) electrons. The maximum absolute atomic E-state index is 13.7. The molecule has 1 aromatic heterocycles. The van der Waals surface area contributed by atoms with Crippen molar-refractivity contribution < 1.29 is 23.2 Å². The summed E-state index contributed by atoms with van der Waals surface area (Å²) in [4.78, 5) is 17.2. The first-order valence-electron chi connectivity index (χ1n) is 8.84. The SMILES string of the molecule is O=C1C(c2nc(-c3ccc4c(c3)OCO4)no2)CNC2CCC(F)CC12. The molecule has 1 saturated heterocycles. The molecule has 0 spiro atoms. The van der Waals surface area contributed by atoms with Crippen LogP contribution in [0.3, 0.4) is 0 Å². The molecule has 2 aliphatic heterocycles. The molecule has 2 aromatic rings. The Morgan fingerprint density at radius 2 is 2.08 bits per heavy atom. The lowest BCUT2D eigenvalue weighted by atomic mass is 9.74. The van der Waals surface area contributed by atoms with Gasteiger partial charge in [-0.15, -0.1) is 0 Å². The first-order chi connectivity index (χ1) is 12.7. The van der Waals surface area contributed by atoms with E-state index in [0.717, 1.165) is 5.56 Å². The highest BCUT2D eigenvalue weighted by Crippen LogP contribution is 2.37. The largest absolute Gasteiger partial charge is 0.454 e. The van der Waals surface area contributed by atoms with E-state index in [1.807, 2.05) is 6.07 Å². The molecule has 7 nitrogen and oxygen atoms in total. The standard InChI is InChI=1S/C18H18FN3O4/c19-10-2-3-13-11(6-10)16(23)12(7-20-13)18-21-17(22-26-18)9-1-4-14-15(5-9)25-8-24-14/h1,4-5,10-13,20H,2-3,6-8H2. The molecule has 8 heteroatoms. The van der Waals surface area contributed by atoms with Crippen molar-refractivity contribution in [3.63, 3.8) is 0 Å². The highest BCUT2D eigenvalue weighted by molar-refractivity contribution is 5.89. The third-order valence-corrected chi connectivity index (χ3v) is 5.45. The minimum absolute atomic E-state index is 0.00279. The molecular formula is C18H18FN3O4. The lowest BCUT2D eigenvalue weighted by Crippen LogP contribution is -2.53. The summed E-state index contributed by atoms with van der Waals surface area (Å²) in [5.74, 6) is 1.11. The maximum Gasteiger partial charge on any atom is 0.238 e. The molecule has 1 aliphatic carbocycles. The van der Waals surface area contributed by atoms with E-state index in [4.69, 9.17) is 14.0 Å². The molecule has 1 aromatic carbocycles. The van der Waals surface area contributed by atoms with Crippen LogP contribution in [0.25, 0.3) is 11.4 Å². The first kappa shape index (κ1) is 15.7. The van der Waals surface area contributed by atoms with Gasteiger partial charge in [-0.3, -0.25) is 4.79 Å². The summed E-state index contributed by atoms with van der Waals surface area (Å²) in [6.07, 6.45) is 0.570. The number of benzene rings is 1. The van der Waals surface area contributed by atoms with Crippen LogP contribution in [0.15, 0.2) is 22.7 Å². The molecule has 3 aliphatic rings. The number of ketones is 1. The molecular weight excluding hydrogens is 341 g/mol. The Morgan fingerprint density at radius 1 is 1.19 bits per heavy atom. The van der Waals surface area contributed by atoms with Gasteiger partial charge in [0.2, 0.25) is 18.5 Å². The van der Waals surface area contributed by atoms with Crippen LogP contribution < -0.4 is 14.8 Å². The Bertz CT molecular complexity index is 855. The number of rotatable bonds is 2. The molecule has 4 atom stereocenters. The number of alkyl halides is 1. The van der Waals surface area contributed by atoms with Gasteiger partial charge in [0, 0.05) is 24.1 Å². The van der Waals surface area contributed by atoms with E-state index in [2.05, 4.69) is 15.5 Å². The maximum atomic E-state index is 13.7. The second kappa shape index (κ2) is 6.05. The van der Waals surface area contributed by atoms with Crippen molar-refractivity contribution in [1.82, 2.24) is 15.5 Å². The number of fused-ring (bicyclic) bond motifs is 2. The second-order valence-electron chi connectivity index (χ2n) is 7.01. The lowest BCUT2D eigenvalue weighted by Gasteiger charge is -2.38. The Kier molecular flexibility index (Phi) is 3.66. The smallest absolute Gasteiger partial charge is 0.238 e. The number of carbonyl (C=O) groups excluding carboxylic acids is 1. The first-order valence-corrected chi connectivity index (χ1v) is 8.84. The quantitative estimate of drug-likeness (QED) is 0.880. The lowest BCUT2D eigenvalue weighted by molar-refractivity contribution is -0.129. The highest BCUT2D eigenvalue weighted by Gasteiger charge is 2.44. The van der Waals surface area contributed by atoms with E-state index in [1.54, 1.807) is 12.1 Å². The van der Waals surface area contributed by atoms with E-state index in [9.17, 15) is 9.18 Å². The molecule has 0 amide bonds. The van der Waals surface area contributed by atoms with Gasteiger partial charge < -0.3 is 19.3 Å². The monoisotopic (exact) mass is 359 g/mol.